The maximum atomic E-state index is 12.0. The van der Waals surface area contributed by atoms with Crippen molar-refractivity contribution in [3.8, 4) is 0 Å². The molecule has 0 aromatic heterocycles. The molecule has 1 aliphatic rings. The molecule has 17 heavy (non-hydrogen) atoms. The molecule has 1 atom stereocenters. The van der Waals surface area contributed by atoms with Gasteiger partial charge in [0.2, 0.25) is 0 Å². The van der Waals surface area contributed by atoms with Crippen molar-refractivity contribution in [3.63, 3.8) is 0 Å². The van der Waals surface area contributed by atoms with E-state index in [1.54, 1.807) is 13.8 Å². The number of hydrogen-bond donors (Lipinski definition) is 2. The van der Waals surface area contributed by atoms with Crippen LogP contribution in [0, 0.1) is 0 Å². The standard InChI is InChI=1S/C10H22N2O4S/c1-8(2)11-17(14,15)12-5-9(6-13)16-10(3,4)7-12/h8-9,11,13H,5-7H2,1-4H3. The second-order valence-electron chi connectivity index (χ2n) is 5.25. The lowest BCUT2D eigenvalue weighted by Crippen LogP contribution is -2.58. The van der Waals surface area contributed by atoms with E-state index in [9.17, 15) is 8.42 Å². The molecule has 0 radical (unpaired) electrons. The second-order valence-corrected chi connectivity index (χ2v) is 6.95. The van der Waals surface area contributed by atoms with Crippen molar-refractivity contribution in [2.45, 2.75) is 45.4 Å². The average molecular weight is 266 g/mol. The zero-order valence-electron chi connectivity index (χ0n) is 10.8. The molecule has 7 heteroatoms. The summed E-state index contributed by atoms with van der Waals surface area (Å²) in [4.78, 5) is 0. The van der Waals surface area contributed by atoms with Crippen molar-refractivity contribution < 1.29 is 18.3 Å². The molecular formula is C10H22N2O4S. The molecule has 2 N–H and O–H groups in total. The van der Waals surface area contributed by atoms with Crippen molar-refractivity contribution in [3.05, 3.63) is 0 Å². The van der Waals surface area contributed by atoms with E-state index in [4.69, 9.17) is 9.84 Å². The summed E-state index contributed by atoms with van der Waals surface area (Å²) in [6.45, 7) is 7.45. The van der Waals surface area contributed by atoms with Gasteiger partial charge in [0.25, 0.3) is 10.2 Å². The van der Waals surface area contributed by atoms with Gasteiger partial charge in [-0.1, -0.05) is 0 Å². The minimum atomic E-state index is -3.50. The van der Waals surface area contributed by atoms with Gasteiger partial charge in [0.05, 0.1) is 18.3 Å². The third-order valence-electron chi connectivity index (χ3n) is 2.38. The quantitative estimate of drug-likeness (QED) is 0.732. The Morgan fingerprint density at radius 3 is 2.59 bits per heavy atom. The van der Waals surface area contributed by atoms with Gasteiger partial charge in [0.15, 0.2) is 0 Å². The molecule has 1 aliphatic heterocycles. The number of nitrogens with zero attached hydrogens (tertiary/aromatic N) is 1. The molecule has 1 saturated heterocycles. The first-order valence-corrected chi connectivity index (χ1v) is 7.16. The average Bonchev–Trinajstić information content (AvgIpc) is 2.13. The van der Waals surface area contributed by atoms with Crippen LogP contribution in [0.4, 0.5) is 0 Å². The Hall–Kier alpha value is -0.210. The first-order chi connectivity index (χ1) is 7.66. The van der Waals surface area contributed by atoms with Crippen LogP contribution in [0.1, 0.15) is 27.7 Å². The maximum Gasteiger partial charge on any atom is 0.279 e. The predicted molar refractivity (Wildman–Crippen MR) is 64.8 cm³/mol. The minimum Gasteiger partial charge on any atom is -0.394 e. The Labute approximate surface area is 103 Å². The van der Waals surface area contributed by atoms with E-state index < -0.39 is 21.9 Å². The Morgan fingerprint density at radius 2 is 2.12 bits per heavy atom. The van der Waals surface area contributed by atoms with Gasteiger partial charge in [-0.25, -0.2) is 0 Å². The molecule has 1 unspecified atom stereocenters. The molecule has 1 heterocycles. The number of aliphatic hydroxyl groups excluding tert-OH is 1. The lowest BCUT2D eigenvalue weighted by atomic mass is 10.1. The smallest absolute Gasteiger partial charge is 0.279 e. The number of rotatable bonds is 4. The minimum absolute atomic E-state index is 0.154. The Balaban J connectivity index is 2.83. The van der Waals surface area contributed by atoms with Gasteiger partial charge in [-0.3, -0.25) is 0 Å². The van der Waals surface area contributed by atoms with Crippen LogP contribution in [0.3, 0.4) is 0 Å². The fraction of sp³-hybridized carbons (Fsp3) is 1.00. The van der Waals surface area contributed by atoms with Crippen molar-refractivity contribution in [1.82, 2.24) is 9.03 Å². The molecule has 0 bridgehead atoms. The Morgan fingerprint density at radius 1 is 1.53 bits per heavy atom. The van der Waals surface area contributed by atoms with E-state index in [0.717, 1.165) is 0 Å². The van der Waals surface area contributed by atoms with E-state index in [0.29, 0.717) is 0 Å². The van der Waals surface area contributed by atoms with Crippen LogP contribution in [-0.2, 0) is 14.9 Å². The van der Waals surface area contributed by atoms with Crippen LogP contribution in [-0.4, -0.2) is 55.3 Å². The summed E-state index contributed by atoms with van der Waals surface area (Å²) in [5.41, 5.74) is -0.586. The van der Waals surface area contributed by atoms with E-state index in [-0.39, 0.29) is 25.7 Å². The number of aliphatic hydroxyl groups is 1. The van der Waals surface area contributed by atoms with Gasteiger partial charge in [-0.05, 0) is 27.7 Å². The highest BCUT2D eigenvalue weighted by molar-refractivity contribution is 7.87. The molecule has 102 valence electrons. The number of hydrogen-bond acceptors (Lipinski definition) is 4. The highest BCUT2D eigenvalue weighted by atomic mass is 32.2. The Bertz CT molecular complexity index is 353. The van der Waals surface area contributed by atoms with Crippen LogP contribution in [0.25, 0.3) is 0 Å². The van der Waals surface area contributed by atoms with Crippen molar-refractivity contribution in [2.75, 3.05) is 19.7 Å². The largest absolute Gasteiger partial charge is 0.394 e. The third-order valence-corrected chi connectivity index (χ3v) is 4.11. The topological polar surface area (TPSA) is 78.9 Å². The summed E-state index contributed by atoms with van der Waals surface area (Å²) in [6.07, 6.45) is -0.470. The van der Waals surface area contributed by atoms with E-state index in [1.165, 1.54) is 4.31 Å². The lowest BCUT2D eigenvalue weighted by Gasteiger charge is -2.41. The Kier molecular flexibility index (Phi) is 4.54. The fourth-order valence-corrected chi connectivity index (χ4v) is 3.48. The molecule has 0 aromatic rings. The van der Waals surface area contributed by atoms with E-state index in [1.807, 2.05) is 13.8 Å². The normalized spacial score (nSPS) is 26.4. The van der Waals surface area contributed by atoms with E-state index in [2.05, 4.69) is 4.72 Å². The second kappa shape index (κ2) is 5.19. The highest BCUT2D eigenvalue weighted by Gasteiger charge is 2.38. The van der Waals surface area contributed by atoms with Gasteiger partial charge >= 0.3 is 0 Å². The summed E-state index contributed by atoms with van der Waals surface area (Å²) in [6, 6.07) is -0.154. The molecule has 0 saturated carbocycles. The van der Waals surface area contributed by atoms with Crippen LogP contribution in [0.2, 0.25) is 0 Å². The number of nitrogens with one attached hydrogen (secondary N) is 1. The lowest BCUT2D eigenvalue weighted by molar-refractivity contribution is -0.131. The van der Waals surface area contributed by atoms with Gasteiger partial charge < -0.3 is 9.84 Å². The SMILES string of the molecule is CC(C)NS(=O)(=O)N1CC(CO)OC(C)(C)C1. The molecule has 6 nitrogen and oxygen atoms in total. The summed E-state index contributed by atoms with van der Waals surface area (Å²) in [5, 5.41) is 9.12. The number of morpholine rings is 1. The molecule has 0 aliphatic carbocycles. The van der Waals surface area contributed by atoms with Gasteiger partial charge in [-0.2, -0.15) is 17.4 Å². The van der Waals surface area contributed by atoms with Crippen molar-refractivity contribution >= 4 is 10.2 Å². The molecule has 0 amide bonds. The monoisotopic (exact) mass is 266 g/mol. The first-order valence-electron chi connectivity index (χ1n) is 5.72. The van der Waals surface area contributed by atoms with Crippen LogP contribution in [0.5, 0.6) is 0 Å². The third kappa shape index (κ3) is 4.18. The molecule has 0 spiro atoms. The van der Waals surface area contributed by atoms with Crippen molar-refractivity contribution in [1.29, 1.82) is 0 Å². The summed E-state index contributed by atoms with van der Waals surface area (Å²) < 4.78 is 33.5. The summed E-state index contributed by atoms with van der Waals surface area (Å²) in [5.74, 6) is 0. The molecular weight excluding hydrogens is 244 g/mol. The van der Waals surface area contributed by atoms with Gasteiger partial charge in [-0.15, -0.1) is 0 Å². The van der Waals surface area contributed by atoms with Crippen LogP contribution >= 0.6 is 0 Å². The van der Waals surface area contributed by atoms with Gasteiger partial charge in [0, 0.05) is 19.1 Å². The fourth-order valence-electron chi connectivity index (χ4n) is 1.89. The first kappa shape index (κ1) is 14.8. The zero-order chi connectivity index (χ0) is 13.3. The van der Waals surface area contributed by atoms with E-state index >= 15 is 0 Å². The number of ether oxygens (including phenoxy) is 1. The zero-order valence-corrected chi connectivity index (χ0v) is 11.6. The predicted octanol–water partition coefficient (Wildman–Crippen LogP) is -0.299. The van der Waals surface area contributed by atoms with Gasteiger partial charge in [0.1, 0.15) is 0 Å². The molecule has 0 aromatic carbocycles. The van der Waals surface area contributed by atoms with Crippen LogP contribution in [0.15, 0.2) is 0 Å². The summed E-state index contributed by atoms with van der Waals surface area (Å²) in [7, 11) is -3.50. The maximum absolute atomic E-state index is 12.0. The molecule has 1 rings (SSSR count). The molecule has 1 fully saturated rings. The summed E-state index contributed by atoms with van der Waals surface area (Å²) >= 11 is 0. The highest BCUT2D eigenvalue weighted by Crippen LogP contribution is 2.22. The van der Waals surface area contributed by atoms with Crippen LogP contribution < -0.4 is 4.72 Å². The van der Waals surface area contributed by atoms with Crippen molar-refractivity contribution in [2.24, 2.45) is 0 Å².